The molecule has 0 aromatic carbocycles. The number of hydrogen-bond acceptors (Lipinski definition) is 2. The van der Waals surface area contributed by atoms with Crippen LogP contribution in [0.15, 0.2) is 0 Å². The van der Waals surface area contributed by atoms with Gasteiger partial charge in [0.25, 0.3) is 0 Å². The molecule has 0 radical (unpaired) electrons. The molecule has 2 saturated heterocycles. The van der Waals surface area contributed by atoms with Gasteiger partial charge in [-0.3, -0.25) is 4.79 Å². The Kier molecular flexibility index (Phi) is 2.29. The van der Waals surface area contributed by atoms with Crippen LogP contribution in [0.2, 0.25) is 0 Å². The molecule has 1 saturated carbocycles. The van der Waals surface area contributed by atoms with E-state index in [9.17, 15) is 4.79 Å². The van der Waals surface area contributed by atoms with Crippen molar-refractivity contribution in [2.24, 2.45) is 17.3 Å². The Morgan fingerprint density at radius 1 is 1.38 bits per heavy atom. The van der Waals surface area contributed by atoms with Crippen LogP contribution in [0.1, 0.15) is 33.1 Å². The maximum absolute atomic E-state index is 12.3. The number of nitrogens with zero attached hydrogens (tertiary/aromatic N) is 1. The zero-order chi connectivity index (χ0) is 11.3. The number of likely N-dealkylation sites (tertiary alicyclic amines) is 1. The van der Waals surface area contributed by atoms with E-state index in [1.165, 1.54) is 12.8 Å². The standard InChI is InChI=1S/C13H22N2O/c1-13(2)6-10(13)12(16)15-7-9-4-3-5-14-11(9)8-15/h9-11,14H,3-8H2,1-2H3/t9-,10?,11+/m0/s1. The van der Waals surface area contributed by atoms with Crippen molar-refractivity contribution in [2.75, 3.05) is 19.6 Å². The summed E-state index contributed by atoms with van der Waals surface area (Å²) in [5, 5.41) is 3.55. The first-order chi connectivity index (χ1) is 7.58. The summed E-state index contributed by atoms with van der Waals surface area (Å²) in [7, 11) is 0. The summed E-state index contributed by atoms with van der Waals surface area (Å²) >= 11 is 0. The smallest absolute Gasteiger partial charge is 0.226 e. The first-order valence-corrected chi connectivity index (χ1v) is 6.60. The quantitative estimate of drug-likeness (QED) is 0.724. The van der Waals surface area contributed by atoms with Crippen LogP contribution >= 0.6 is 0 Å². The van der Waals surface area contributed by atoms with Crippen LogP contribution in [-0.2, 0) is 4.79 Å². The van der Waals surface area contributed by atoms with Crippen LogP contribution in [0.25, 0.3) is 0 Å². The van der Waals surface area contributed by atoms with Gasteiger partial charge in [-0.2, -0.15) is 0 Å². The maximum atomic E-state index is 12.3. The molecule has 3 rings (SSSR count). The van der Waals surface area contributed by atoms with Crippen molar-refractivity contribution < 1.29 is 4.79 Å². The highest BCUT2D eigenvalue weighted by Crippen LogP contribution is 2.52. The van der Waals surface area contributed by atoms with E-state index in [0.29, 0.717) is 17.9 Å². The zero-order valence-corrected chi connectivity index (χ0v) is 10.3. The van der Waals surface area contributed by atoms with Gasteiger partial charge in [-0.25, -0.2) is 0 Å². The van der Waals surface area contributed by atoms with Gasteiger partial charge in [0.2, 0.25) is 5.91 Å². The van der Waals surface area contributed by atoms with Crippen molar-refractivity contribution in [3.05, 3.63) is 0 Å². The van der Waals surface area contributed by atoms with Gasteiger partial charge in [-0.1, -0.05) is 13.8 Å². The molecule has 0 aromatic heterocycles. The molecular formula is C13H22N2O. The minimum absolute atomic E-state index is 0.276. The van der Waals surface area contributed by atoms with Crippen molar-refractivity contribution >= 4 is 5.91 Å². The summed E-state index contributed by atoms with van der Waals surface area (Å²) in [5.74, 6) is 1.45. The molecule has 3 aliphatic rings. The molecule has 0 aromatic rings. The molecule has 2 aliphatic heterocycles. The van der Waals surface area contributed by atoms with E-state index in [1.807, 2.05) is 0 Å². The molecule has 1 unspecified atom stereocenters. The van der Waals surface area contributed by atoms with Crippen LogP contribution < -0.4 is 5.32 Å². The number of fused-ring (bicyclic) bond motifs is 1. The molecule has 0 bridgehead atoms. The topological polar surface area (TPSA) is 32.3 Å². The van der Waals surface area contributed by atoms with Gasteiger partial charge < -0.3 is 10.2 Å². The molecule has 3 atom stereocenters. The fourth-order valence-corrected chi connectivity index (χ4v) is 3.34. The summed E-state index contributed by atoms with van der Waals surface area (Å²) in [5.41, 5.74) is 0.276. The highest BCUT2D eigenvalue weighted by atomic mass is 16.2. The molecule has 1 aliphatic carbocycles. The number of amides is 1. The molecule has 16 heavy (non-hydrogen) atoms. The Balaban J connectivity index is 1.63. The lowest BCUT2D eigenvalue weighted by Gasteiger charge is -2.24. The first-order valence-electron chi connectivity index (χ1n) is 6.60. The molecule has 2 heterocycles. The monoisotopic (exact) mass is 222 g/mol. The van der Waals surface area contributed by atoms with Crippen molar-refractivity contribution in [3.63, 3.8) is 0 Å². The average molecular weight is 222 g/mol. The Morgan fingerprint density at radius 3 is 2.75 bits per heavy atom. The summed E-state index contributed by atoms with van der Waals surface area (Å²) in [6.45, 7) is 7.51. The van der Waals surface area contributed by atoms with Gasteiger partial charge in [0, 0.05) is 25.0 Å². The van der Waals surface area contributed by atoms with E-state index in [1.54, 1.807) is 0 Å². The number of hydrogen-bond donors (Lipinski definition) is 1. The lowest BCUT2D eigenvalue weighted by atomic mass is 9.94. The van der Waals surface area contributed by atoms with E-state index in [4.69, 9.17) is 0 Å². The molecule has 3 fully saturated rings. The van der Waals surface area contributed by atoms with Crippen molar-refractivity contribution in [2.45, 2.75) is 39.2 Å². The lowest BCUT2D eigenvalue weighted by Crippen LogP contribution is -2.41. The number of carbonyl (C=O) groups excluding carboxylic acids is 1. The van der Waals surface area contributed by atoms with Gasteiger partial charge in [-0.15, -0.1) is 0 Å². The average Bonchev–Trinajstić information content (AvgIpc) is 2.74. The summed E-state index contributed by atoms with van der Waals surface area (Å²) in [4.78, 5) is 14.4. The Labute approximate surface area is 97.6 Å². The van der Waals surface area contributed by atoms with Crippen LogP contribution in [-0.4, -0.2) is 36.5 Å². The normalized spacial score (nSPS) is 40.6. The minimum Gasteiger partial charge on any atom is -0.341 e. The van der Waals surface area contributed by atoms with Crippen LogP contribution in [0.5, 0.6) is 0 Å². The van der Waals surface area contributed by atoms with Crippen LogP contribution in [0.4, 0.5) is 0 Å². The third kappa shape index (κ3) is 1.65. The van der Waals surface area contributed by atoms with Gasteiger partial charge in [0.05, 0.1) is 0 Å². The predicted molar refractivity (Wildman–Crippen MR) is 63.0 cm³/mol. The molecule has 1 amide bonds. The molecule has 3 nitrogen and oxygen atoms in total. The molecular weight excluding hydrogens is 200 g/mol. The van der Waals surface area contributed by atoms with Gasteiger partial charge in [0.15, 0.2) is 0 Å². The molecule has 0 spiro atoms. The van der Waals surface area contributed by atoms with E-state index in [-0.39, 0.29) is 5.41 Å². The largest absolute Gasteiger partial charge is 0.341 e. The number of piperidine rings is 1. The van der Waals surface area contributed by atoms with Crippen molar-refractivity contribution in [3.8, 4) is 0 Å². The zero-order valence-electron chi connectivity index (χ0n) is 10.3. The Morgan fingerprint density at radius 2 is 2.12 bits per heavy atom. The van der Waals surface area contributed by atoms with Gasteiger partial charge >= 0.3 is 0 Å². The number of rotatable bonds is 1. The maximum Gasteiger partial charge on any atom is 0.226 e. The Bertz CT molecular complexity index is 299. The van der Waals surface area contributed by atoms with Crippen molar-refractivity contribution in [1.82, 2.24) is 10.2 Å². The lowest BCUT2D eigenvalue weighted by molar-refractivity contribution is -0.132. The number of nitrogens with one attached hydrogen (secondary N) is 1. The fraction of sp³-hybridized carbons (Fsp3) is 0.923. The third-order valence-corrected chi connectivity index (χ3v) is 4.72. The Hall–Kier alpha value is -0.570. The third-order valence-electron chi connectivity index (χ3n) is 4.72. The summed E-state index contributed by atoms with van der Waals surface area (Å²) < 4.78 is 0. The number of carbonyl (C=O) groups is 1. The van der Waals surface area contributed by atoms with E-state index >= 15 is 0 Å². The highest BCUT2D eigenvalue weighted by Gasteiger charge is 2.53. The second-order valence-corrected chi connectivity index (χ2v) is 6.45. The first kappa shape index (κ1) is 10.6. The summed E-state index contributed by atoms with van der Waals surface area (Å²) in [6, 6.07) is 0.583. The molecule has 3 heteroatoms. The fourth-order valence-electron chi connectivity index (χ4n) is 3.34. The van der Waals surface area contributed by atoms with E-state index in [0.717, 1.165) is 32.0 Å². The van der Waals surface area contributed by atoms with Crippen molar-refractivity contribution in [1.29, 1.82) is 0 Å². The highest BCUT2D eigenvalue weighted by molar-refractivity contribution is 5.82. The second-order valence-electron chi connectivity index (χ2n) is 6.45. The van der Waals surface area contributed by atoms with E-state index < -0.39 is 0 Å². The SMILES string of the molecule is CC1(C)CC1C(=O)N1C[C@@H]2CCCN[C@@H]2C1. The molecule has 90 valence electrons. The van der Waals surface area contributed by atoms with Crippen LogP contribution in [0.3, 0.4) is 0 Å². The predicted octanol–water partition coefficient (Wildman–Crippen LogP) is 1.24. The van der Waals surface area contributed by atoms with Crippen LogP contribution in [0, 0.1) is 17.3 Å². The second kappa shape index (κ2) is 3.46. The van der Waals surface area contributed by atoms with Gasteiger partial charge in [0.1, 0.15) is 0 Å². The molecule has 1 N–H and O–H groups in total. The van der Waals surface area contributed by atoms with Gasteiger partial charge in [-0.05, 0) is 37.1 Å². The van der Waals surface area contributed by atoms with E-state index in [2.05, 4.69) is 24.1 Å². The minimum atomic E-state index is 0.276. The summed E-state index contributed by atoms with van der Waals surface area (Å²) in [6.07, 6.45) is 3.67.